The largest absolute Gasteiger partial charge is 0.493 e. The summed E-state index contributed by atoms with van der Waals surface area (Å²) < 4.78 is 50.7. The number of methoxy groups -OCH3 is 2. The minimum absolute atomic E-state index is 0. The Bertz CT molecular complexity index is 542. The molecular weight excluding hydrogens is 454 g/mol. The van der Waals surface area contributed by atoms with E-state index in [0.29, 0.717) is 30.4 Å². The average Bonchev–Trinajstić information content (AvgIpc) is 2.55. The lowest BCUT2D eigenvalue weighted by molar-refractivity contribution is -0.173. The number of alkyl halides is 3. The van der Waals surface area contributed by atoms with E-state index in [1.165, 1.54) is 7.11 Å². The van der Waals surface area contributed by atoms with E-state index in [4.69, 9.17) is 9.47 Å². The fraction of sp³-hybridized carbons (Fsp3) is 0.533. The van der Waals surface area contributed by atoms with Crippen molar-refractivity contribution >= 4 is 35.6 Å². The molecule has 1 aromatic rings. The van der Waals surface area contributed by atoms with Crippen LogP contribution in [0.4, 0.5) is 18.9 Å². The van der Waals surface area contributed by atoms with Crippen molar-refractivity contribution in [1.29, 1.82) is 0 Å². The fourth-order valence-corrected chi connectivity index (χ4v) is 1.80. The lowest BCUT2D eigenvalue weighted by Gasteiger charge is -2.14. The number of ether oxygens (including phenoxy) is 3. The van der Waals surface area contributed by atoms with Gasteiger partial charge in [0.05, 0.1) is 14.2 Å². The number of nitrogens with one attached hydrogen (secondary N) is 2. The van der Waals surface area contributed by atoms with Gasteiger partial charge in [-0.2, -0.15) is 13.2 Å². The summed E-state index contributed by atoms with van der Waals surface area (Å²) in [7, 11) is 4.68. The van der Waals surface area contributed by atoms with E-state index >= 15 is 0 Å². The summed E-state index contributed by atoms with van der Waals surface area (Å²) in [5.41, 5.74) is 0.731. The highest BCUT2D eigenvalue weighted by molar-refractivity contribution is 14.0. The molecule has 0 amide bonds. The molecule has 0 atom stereocenters. The maximum absolute atomic E-state index is 11.9. The van der Waals surface area contributed by atoms with Gasteiger partial charge in [-0.25, -0.2) is 0 Å². The number of rotatable bonds is 8. The molecule has 0 aromatic heterocycles. The predicted molar refractivity (Wildman–Crippen MR) is 101 cm³/mol. The van der Waals surface area contributed by atoms with Gasteiger partial charge in [0.25, 0.3) is 0 Å². The van der Waals surface area contributed by atoms with Crippen LogP contribution in [0.15, 0.2) is 23.2 Å². The minimum atomic E-state index is -4.29. The van der Waals surface area contributed by atoms with Crippen LogP contribution in [-0.2, 0) is 4.74 Å². The number of nitrogens with zero attached hydrogens (tertiary/aromatic N) is 1. The van der Waals surface area contributed by atoms with Crippen molar-refractivity contribution in [2.24, 2.45) is 4.99 Å². The molecule has 0 spiro atoms. The summed E-state index contributed by atoms with van der Waals surface area (Å²) in [6.45, 7) is -0.795. The van der Waals surface area contributed by atoms with Crippen LogP contribution >= 0.6 is 24.0 Å². The normalized spacial score (nSPS) is 11.5. The quantitative estimate of drug-likeness (QED) is 0.261. The van der Waals surface area contributed by atoms with E-state index in [-0.39, 0.29) is 30.6 Å². The third-order valence-electron chi connectivity index (χ3n) is 2.89. The average molecular weight is 477 g/mol. The van der Waals surface area contributed by atoms with E-state index in [1.54, 1.807) is 32.4 Å². The Morgan fingerprint density at radius 2 is 1.84 bits per heavy atom. The minimum Gasteiger partial charge on any atom is -0.493 e. The van der Waals surface area contributed by atoms with Gasteiger partial charge >= 0.3 is 6.18 Å². The maximum Gasteiger partial charge on any atom is 0.411 e. The Labute approximate surface area is 162 Å². The van der Waals surface area contributed by atoms with E-state index in [1.807, 2.05) is 0 Å². The molecule has 0 saturated carbocycles. The number of hydrogen-bond acceptors (Lipinski definition) is 4. The lowest BCUT2D eigenvalue weighted by atomic mass is 10.3. The molecule has 25 heavy (non-hydrogen) atoms. The summed E-state index contributed by atoms with van der Waals surface area (Å²) in [6.07, 6.45) is -3.87. The van der Waals surface area contributed by atoms with Gasteiger partial charge < -0.3 is 24.8 Å². The smallest absolute Gasteiger partial charge is 0.411 e. The van der Waals surface area contributed by atoms with Gasteiger partial charge in [0.1, 0.15) is 6.61 Å². The molecule has 0 aliphatic carbocycles. The Kier molecular flexibility index (Phi) is 11.3. The summed E-state index contributed by atoms with van der Waals surface area (Å²) in [4.78, 5) is 4.04. The first-order valence-electron chi connectivity index (χ1n) is 7.24. The molecule has 1 rings (SSSR count). The van der Waals surface area contributed by atoms with E-state index in [9.17, 15) is 13.2 Å². The van der Waals surface area contributed by atoms with Gasteiger partial charge in [-0.3, -0.25) is 4.99 Å². The number of hydrogen-bond donors (Lipinski definition) is 2. The zero-order valence-electron chi connectivity index (χ0n) is 14.3. The van der Waals surface area contributed by atoms with Gasteiger partial charge in [0, 0.05) is 32.0 Å². The SMILES string of the molecule is CN=C(NCCCOCC(F)(F)F)Nc1ccc(OC)c(OC)c1.I. The second kappa shape index (κ2) is 12.0. The molecule has 2 N–H and O–H groups in total. The molecule has 6 nitrogen and oxygen atoms in total. The molecule has 144 valence electrons. The predicted octanol–water partition coefficient (Wildman–Crippen LogP) is 3.28. The molecule has 1 aromatic carbocycles. The van der Waals surface area contributed by atoms with Crippen molar-refractivity contribution in [2.45, 2.75) is 12.6 Å². The molecule has 0 saturated heterocycles. The highest BCUT2D eigenvalue weighted by Crippen LogP contribution is 2.29. The van der Waals surface area contributed by atoms with Crippen molar-refractivity contribution in [3.8, 4) is 11.5 Å². The monoisotopic (exact) mass is 477 g/mol. The fourth-order valence-electron chi connectivity index (χ4n) is 1.80. The number of halogens is 4. The van der Waals surface area contributed by atoms with Crippen molar-refractivity contribution in [3.05, 3.63) is 18.2 Å². The van der Waals surface area contributed by atoms with Crippen LogP contribution in [0.3, 0.4) is 0 Å². The number of benzene rings is 1. The second-order valence-electron chi connectivity index (χ2n) is 4.72. The Morgan fingerprint density at radius 3 is 2.40 bits per heavy atom. The summed E-state index contributed by atoms with van der Waals surface area (Å²) in [6, 6.07) is 5.29. The summed E-state index contributed by atoms with van der Waals surface area (Å²) in [5, 5.41) is 6.04. The van der Waals surface area contributed by atoms with Gasteiger partial charge in [-0.05, 0) is 18.6 Å². The zero-order chi connectivity index (χ0) is 18.0. The third kappa shape index (κ3) is 9.58. The number of guanidine groups is 1. The van der Waals surface area contributed by atoms with Crippen LogP contribution in [0.1, 0.15) is 6.42 Å². The molecular formula is C15H23F3IN3O3. The zero-order valence-corrected chi connectivity index (χ0v) is 16.6. The number of aliphatic imine (C=N–C) groups is 1. The topological polar surface area (TPSA) is 64.1 Å². The molecule has 0 bridgehead atoms. The second-order valence-corrected chi connectivity index (χ2v) is 4.72. The third-order valence-corrected chi connectivity index (χ3v) is 2.89. The number of anilines is 1. The standard InChI is InChI=1S/C15H22F3N3O3.HI/c1-19-14(20-7-4-8-24-10-15(16,17)18)21-11-5-6-12(22-2)13(9-11)23-3;/h5-6,9H,4,7-8,10H2,1-3H3,(H2,19,20,21);1H. The van der Waals surface area contributed by atoms with Crippen molar-refractivity contribution < 1.29 is 27.4 Å². The molecule has 10 heteroatoms. The Morgan fingerprint density at radius 1 is 1.16 bits per heavy atom. The van der Waals surface area contributed by atoms with Crippen molar-refractivity contribution in [1.82, 2.24) is 5.32 Å². The van der Waals surface area contributed by atoms with Crippen molar-refractivity contribution in [2.75, 3.05) is 46.3 Å². The van der Waals surface area contributed by atoms with Crippen LogP contribution in [0.25, 0.3) is 0 Å². The highest BCUT2D eigenvalue weighted by atomic mass is 127. The van der Waals surface area contributed by atoms with Crippen LogP contribution in [0.5, 0.6) is 11.5 Å². The molecule has 0 fully saturated rings. The highest BCUT2D eigenvalue weighted by Gasteiger charge is 2.27. The molecule has 0 aliphatic heterocycles. The van der Waals surface area contributed by atoms with Crippen LogP contribution in [-0.4, -0.2) is 53.2 Å². The van der Waals surface area contributed by atoms with Gasteiger partial charge in [-0.15, -0.1) is 24.0 Å². The maximum atomic E-state index is 11.9. The molecule has 0 unspecified atom stereocenters. The summed E-state index contributed by atoms with van der Waals surface area (Å²) in [5.74, 6) is 1.66. The van der Waals surface area contributed by atoms with Gasteiger partial charge in [-0.1, -0.05) is 0 Å². The van der Waals surface area contributed by atoms with Gasteiger partial charge in [0.2, 0.25) is 0 Å². The van der Waals surface area contributed by atoms with Gasteiger partial charge in [0.15, 0.2) is 17.5 Å². The molecule has 0 heterocycles. The lowest BCUT2D eigenvalue weighted by Crippen LogP contribution is -2.32. The Hall–Kier alpha value is -1.43. The van der Waals surface area contributed by atoms with E-state index < -0.39 is 12.8 Å². The van der Waals surface area contributed by atoms with E-state index in [2.05, 4.69) is 20.4 Å². The first-order valence-corrected chi connectivity index (χ1v) is 7.24. The first-order chi connectivity index (χ1) is 11.4. The van der Waals surface area contributed by atoms with Crippen LogP contribution < -0.4 is 20.1 Å². The van der Waals surface area contributed by atoms with Crippen LogP contribution in [0.2, 0.25) is 0 Å². The summed E-state index contributed by atoms with van der Waals surface area (Å²) >= 11 is 0. The van der Waals surface area contributed by atoms with E-state index in [0.717, 1.165) is 5.69 Å². The molecule has 0 radical (unpaired) electrons. The van der Waals surface area contributed by atoms with Crippen LogP contribution in [0, 0.1) is 0 Å². The van der Waals surface area contributed by atoms with Crippen molar-refractivity contribution in [3.63, 3.8) is 0 Å². The molecule has 0 aliphatic rings. The first kappa shape index (κ1) is 23.6. The Balaban J connectivity index is 0.00000576.